The van der Waals surface area contributed by atoms with E-state index in [2.05, 4.69) is 45.3 Å². The Labute approximate surface area is 268 Å². The summed E-state index contributed by atoms with van der Waals surface area (Å²) in [5.41, 5.74) is 4.19. The minimum absolute atomic E-state index is 0.00833. The minimum atomic E-state index is -0.411. The van der Waals surface area contributed by atoms with E-state index in [1.54, 1.807) is 17.9 Å². The van der Waals surface area contributed by atoms with Crippen molar-refractivity contribution in [3.8, 4) is 11.1 Å². The van der Waals surface area contributed by atoms with E-state index >= 15 is 0 Å². The second kappa shape index (κ2) is 14.0. The number of carbonyl (C=O) groups is 2. The standard InChI is InChI=1S/C36H51FN6O2/c1-8-42(25(4)5)36(45)33-19-30(37)11-12-31(33)32-18-28(23-43-26(6)38-20-35(32)43)29-21-41(22-29)34(24(2)3)10-9-13-39-14-16-40(17-15-39)27(7)44/h11-12,18-20,23-25,29,34H,8-10,13-17,21-22H2,1-7H3/t34-/m1/s1. The molecule has 2 fully saturated rings. The molecule has 2 amide bonds. The van der Waals surface area contributed by atoms with Crippen LogP contribution >= 0.6 is 0 Å². The highest BCUT2D eigenvalue weighted by Crippen LogP contribution is 2.37. The third kappa shape index (κ3) is 7.09. The first-order chi connectivity index (χ1) is 21.5. The lowest BCUT2D eigenvalue weighted by molar-refractivity contribution is -0.130. The predicted molar refractivity (Wildman–Crippen MR) is 178 cm³/mol. The van der Waals surface area contributed by atoms with Gasteiger partial charge in [0, 0.05) is 82.5 Å². The lowest BCUT2D eigenvalue weighted by Crippen LogP contribution is -2.53. The van der Waals surface area contributed by atoms with Crippen LogP contribution < -0.4 is 0 Å². The molecule has 0 unspecified atom stereocenters. The average molecular weight is 619 g/mol. The molecule has 0 spiro atoms. The van der Waals surface area contributed by atoms with Crippen molar-refractivity contribution in [2.24, 2.45) is 5.92 Å². The second-order valence-electron chi connectivity index (χ2n) is 13.6. The smallest absolute Gasteiger partial charge is 0.254 e. The largest absolute Gasteiger partial charge is 0.340 e. The number of benzene rings is 1. The SMILES string of the molecule is CCN(C(=O)c1cc(F)ccc1-c1cc(C2CN([C@H](CCCN3CCN(C(C)=O)CC3)C(C)C)C2)cn2c(C)ncc12)C(C)C. The van der Waals surface area contributed by atoms with Gasteiger partial charge < -0.3 is 14.2 Å². The van der Waals surface area contributed by atoms with Crippen LogP contribution in [0.4, 0.5) is 4.39 Å². The lowest BCUT2D eigenvalue weighted by atomic mass is 9.85. The molecular weight excluding hydrogens is 567 g/mol. The third-order valence-electron chi connectivity index (χ3n) is 9.99. The first kappa shape index (κ1) is 33.1. The second-order valence-corrected chi connectivity index (χ2v) is 13.6. The molecule has 0 N–H and O–H groups in total. The molecule has 0 aliphatic carbocycles. The Morgan fingerprint density at radius 2 is 1.76 bits per heavy atom. The first-order valence-corrected chi connectivity index (χ1v) is 16.8. The summed E-state index contributed by atoms with van der Waals surface area (Å²) in [7, 11) is 0. The van der Waals surface area contributed by atoms with E-state index in [0.717, 1.165) is 81.1 Å². The van der Waals surface area contributed by atoms with Crippen LogP contribution in [0, 0.1) is 18.7 Å². The van der Waals surface area contributed by atoms with Gasteiger partial charge in [0.2, 0.25) is 5.91 Å². The number of aryl methyl sites for hydroxylation is 1. The van der Waals surface area contributed by atoms with Crippen LogP contribution in [-0.2, 0) is 4.79 Å². The number of pyridine rings is 1. The molecule has 0 radical (unpaired) electrons. The van der Waals surface area contributed by atoms with Crippen LogP contribution in [0.1, 0.15) is 82.0 Å². The lowest BCUT2D eigenvalue weighted by Gasteiger charge is -2.46. The summed E-state index contributed by atoms with van der Waals surface area (Å²) in [6.45, 7) is 21.5. The summed E-state index contributed by atoms with van der Waals surface area (Å²) in [4.78, 5) is 38.8. The number of halogens is 1. The molecule has 2 aliphatic heterocycles. The number of carbonyl (C=O) groups excluding carboxylic acids is 2. The van der Waals surface area contributed by atoms with Crippen LogP contribution in [0.2, 0.25) is 0 Å². The van der Waals surface area contributed by atoms with Crippen molar-refractivity contribution < 1.29 is 14.0 Å². The number of piperazine rings is 1. The van der Waals surface area contributed by atoms with Crippen LogP contribution in [0.5, 0.6) is 0 Å². The van der Waals surface area contributed by atoms with Gasteiger partial charge in [0.05, 0.1) is 17.3 Å². The number of nitrogens with zero attached hydrogens (tertiary/aromatic N) is 6. The molecule has 3 aromatic rings. The highest BCUT2D eigenvalue weighted by molar-refractivity contribution is 6.03. The number of fused-ring (bicyclic) bond motifs is 1. The van der Waals surface area contributed by atoms with Gasteiger partial charge in [-0.15, -0.1) is 0 Å². The van der Waals surface area contributed by atoms with E-state index in [-0.39, 0.29) is 17.9 Å². The van der Waals surface area contributed by atoms with E-state index in [1.807, 2.05) is 38.8 Å². The van der Waals surface area contributed by atoms with E-state index in [4.69, 9.17) is 0 Å². The molecule has 2 saturated heterocycles. The van der Waals surface area contributed by atoms with Crippen molar-refractivity contribution in [3.05, 3.63) is 59.4 Å². The maximum absolute atomic E-state index is 14.6. The molecule has 244 valence electrons. The third-order valence-corrected chi connectivity index (χ3v) is 9.99. The van der Waals surface area contributed by atoms with Gasteiger partial charge in [-0.25, -0.2) is 9.37 Å². The fraction of sp³-hybridized carbons (Fsp3) is 0.583. The van der Waals surface area contributed by atoms with Crippen LogP contribution in [-0.4, -0.2) is 105 Å². The van der Waals surface area contributed by atoms with E-state index < -0.39 is 5.82 Å². The average Bonchev–Trinajstić information content (AvgIpc) is 3.35. The summed E-state index contributed by atoms with van der Waals surface area (Å²) in [5, 5.41) is 0. The van der Waals surface area contributed by atoms with Crippen LogP contribution in [0.3, 0.4) is 0 Å². The number of aromatic nitrogens is 2. The molecule has 4 heterocycles. The summed E-state index contributed by atoms with van der Waals surface area (Å²) in [5.74, 6) is 1.43. The highest BCUT2D eigenvalue weighted by atomic mass is 19.1. The number of imidazole rings is 1. The monoisotopic (exact) mass is 618 g/mol. The zero-order valence-electron chi connectivity index (χ0n) is 28.2. The fourth-order valence-corrected chi connectivity index (χ4v) is 7.25. The Hall–Kier alpha value is -3.30. The summed E-state index contributed by atoms with van der Waals surface area (Å²) < 4.78 is 16.7. The first-order valence-electron chi connectivity index (χ1n) is 16.8. The minimum Gasteiger partial charge on any atom is -0.340 e. The van der Waals surface area contributed by atoms with E-state index in [0.29, 0.717) is 30.0 Å². The Morgan fingerprint density at radius 3 is 2.38 bits per heavy atom. The molecule has 2 aromatic heterocycles. The molecule has 0 bridgehead atoms. The Morgan fingerprint density at radius 1 is 1.04 bits per heavy atom. The Bertz CT molecular complexity index is 1500. The maximum Gasteiger partial charge on any atom is 0.254 e. The van der Waals surface area contributed by atoms with Crippen molar-refractivity contribution in [3.63, 3.8) is 0 Å². The van der Waals surface area contributed by atoms with Gasteiger partial charge in [-0.1, -0.05) is 19.9 Å². The van der Waals surface area contributed by atoms with Crippen LogP contribution in [0.15, 0.2) is 36.7 Å². The summed E-state index contributed by atoms with van der Waals surface area (Å²) in [6, 6.07) is 7.33. The Balaban J connectivity index is 1.33. The molecule has 1 atom stereocenters. The van der Waals surface area contributed by atoms with Gasteiger partial charge >= 0.3 is 0 Å². The van der Waals surface area contributed by atoms with Gasteiger partial charge in [-0.2, -0.15) is 0 Å². The van der Waals surface area contributed by atoms with E-state index in [9.17, 15) is 14.0 Å². The normalized spacial score (nSPS) is 17.3. The summed E-state index contributed by atoms with van der Waals surface area (Å²) in [6.07, 6.45) is 6.37. The van der Waals surface area contributed by atoms with Crippen molar-refractivity contribution >= 4 is 17.3 Å². The number of amides is 2. The fourth-order valence-electron chi connectivity index (χ4n) is 7.25. The van der Waals surface area contributed by atoms with E-state index in [1.165, 1.54) is 17.7 Å². The van der Waals surface area contributed by atoms with Gasteiger partial charge in [0.25, 0.3) is 5.91 Å². The highest BCUT2D eigenvalue weighted by Gasteiger charge is 2.35. The zero-order valence-corrected chi connectivity index (χ0v) is 28.2. The molecular formula is C36H51FN6O2. The topological polar surface area (TPSA) is 64.4 Å². The van der Waals surface area contributed by atoms with Gasteiger partial charge in [0.15, 0.2) is 0 Å². The van der Waals surface area contributed by atoms with Crippen molar-refractivity contribution in [2.75, 3.05) is 52.4 Å². The number of hydrogen-bond acceptors (Lipinski definition) is 5. The molecule has 8 nitrogen and oxygen atoms in total. The van der Waals surface area contributed by atoms with Crippen molar-refractivity contribution in [2.45, 2.75) is 79.3 Å². The molecule has 45 heavy (non-hydrogen) atoms. The number of likely N-dealkylation sites (tertiary alicyclic amines) is 1. The van der Waals surface area contributed by atoms with Gasteiger partial charge in [0.1, 0.15) is 11.6 Å². The van der Waals surface area contributed by atoms with Crippen molar-refractivity contribution in [1.29, 1.82) is 0 Å². The molecule has 5 rings (SSSR count). The maximum atomic E-state index is 14.6. The quantitative estimate of drug-likeness (QED) is 0.277. The number of hydrogen-bond donors (Lipinski definition) is 0. The molecule has 1 aromatic carbocycles. The van der Waals surface area contributed by atoms with Gasteiger partial charge in [-0.3, -0.25) is 19.4 Å². The zero-order chi connectivity index (χ0) is 32.4. The van der Waals surface area contributed by atoms with Crippen LogP contribution in [0.25, 0.3) is 16.6 Å². The molecule has 0 saturated carbocycles. The molecule has 2 aliphatic rings. The van der Waals surface area contributed by atoms with Gasteiger partial charge in [-0.05, 0) is 82.3 Å². The van der Waals surface area contributed by atoms with Crippen molar-refractivity contribution in [1.82, 2.24) is 29.0 Å². The predicted octanol–water partition coefficient (Wildman–Crippen LogP) is 5.69. The summed E-state index contributed by atoms with van der Waals surface area (Å²) >= 11 is 0. The Kier molecular flexibility index (Phi) is 10.3. The number of rotatable bonds is 11. The molecule has 9 heteroatoms.